The highest BCUT2D eigenvalue weighted by molar-refractivity contribution is 6.30. The van der Waals surface area contributed by atoms with Crippen LogP contribution in [0.25, 0.3) is 71.4 Å². The van der Waals surface area contributed by atoms with Gasteiger partial charge in [-0.15, -0.1) is 0 Å². The summed E-state index contributed by atoms with van der Waals surface area (Å²) in [5, 5.41) is 7.31. The van der Waals surface area contributed by atoms with E-state index in [-0.39, 0.29) is 0 Å². The van der Waals surface area contributed by atoms with E-state index in [1.165, 1.54) is 37.9 Å². The van der Waals surface area contributed by atoms with Crippen LogP contribution in [0.1, 0.15) is 0 Å². The van der Waals surface area contributed by atoms with Crippen molar-refractivity contribution < 1.29 is 0 Å². The van der Waals surface area contributed by atoms with Crippen LogP contribution in [0.3, 0.4) is 0 Å². The molecule has 0 spiro atoms. The molecule has 172 valence electrons. The van der Waals surface area contributed by atoms with Gasteiger partial charge in [-0.25, -0.2) is 4.98 Å². The highest BCUT2D eigenvalue weighted by atomic mass is 15.0. The summed E-state index contributed by atoms with van der Waals surface area (Å²) in [7, 11) is 0. The Kier molecular flexibility index (Phi) is 4.23. The Bertz CT molecular complexity index is 2120. The van der Waals surface area contributed by atoms with Crippen LogP contribution in [-0.2, 0) is 0 Å². The molecule has 0 saturated carbocycles. The number of nitrogens with zero attached hydrogens (tertiary/aromatic N) is 3. The van der Waals surface area contributed by atoms with Gasteiger partial charge in [-0.1, -0.05) is 91.0 Å². The third kappa shape index (κ3) is 3.01. The monoisotopic (exact) mass is 471 g/mol. The molecule has 0 aliphatic carbocycles. The maximum absolute atomic E-state index is 5.07. The van der Waals surface area contributed by atoms with Gasteiger partial charge in [0.25, 0.3) is 0 Å². The lowest BCUT2D eigenvalue weighted by atomic mass is 9.93. The zero-order chi connectivity index (χ0) is 24.3. The van der Waals surface area contributed by atoms with Crippen molar-refractivity contribution in [1.82, 2.24) is 14.4 Å². The van der Waals surface area contributed by atoms with Crippen LogP contribution in [0.4, 0.5) is 0 Å². The maximum atomic E-state index is 5.07. The molecule has 37 heavy (non-hydrogen) atoms. The SMILES string of the molecule is c1ccc(-c2ccc(-c3ccc4c(c3)c3c5ccccc5ccc3c3nc5ccccn5c43)nc2)cc1. The van der Waals surface area contributed by atoms with Crippen LogP contribution in [0.5, 0.6) is 0 Å². The summed E-state index contributed by atoms with van der Waals surface area (Å²) in [6.07, 6.45) is 4.07. The fourth-order valence-electron chi connectivity index (χ4n) is 5.68. The number of benzene rings is 5. The van der Waals surface area contributed by atoms with E-state index in [1.54, 1.807) is 0 Å². The summed E-state index contributed by atoms with van der Waals surface area (Å²) in [6, 6.07) is 40.6. The zero-order valence-electron chi connectivity index (χ0n) is 20.0. The highest BCUT2D eigenvalue weighted by Gasteiger charge is 2.17. The standard InChI is InChI=1S/C34H21N3/c1-2-8-22(9-3-1)25-15-18-30(35-21-25)24-14-16-27-29(20-24)32-26-11-5-4-10-23(26)13-17-28(32)33-34(27)37-19-7-6-12-31(37)36-33/h1-21H. The summed E-state index contributed by atoms with van der Waals surface area (Å²) >= 11 is 0. The first-order valence-corrected chi connectivity index (χ1v) is 12.5. The Balaban J connectivity index is 1.45. The Morgan fingerprint density at radius 2 is 1.35 bits per heavy atom. The minimum Gasteiger partial charge on any atom is -0.299 e. The largest absolute Gasteiger partial charge is 0.299 e. The van der Waals surface area contributed by atoms with E-state index in [0.717, 1.165) is 33.5 Å². The number of fused-ring (bicyclic) bond motifs is 10. The zero-order valence-corrected chi connectivity index (χ0v) is 20.0. The summed E-state index contributed by atoms with van der Waals surface area (Å²) < 4.78 is 2.21. The first kappa shape index (κ1) is 20.2. The van der Waals surface area contributed by atoms with Crippen LogP contribution in [0.15, 0.2) is 128 Å². The molecular formula is C34H21N3. The molecule has 0 saturated heterocycles. The normalized spacial score (nSPS) is 11.8. The third-order valence-corrected chi connectivity index (χ3v) is 7.42. The second kappa shape index (κ2) is 7.74. The molecule has 0 fully saturated rings. The predicted molar refractivity (Wildman–Crippen MR) is 154 cm³/mol. The fourth-order valence-corrected chi connectivity index (χ4v) is 5.68. The molecule has 0 atom stereocenters. The molecule has 0 N–H and O–H groups in total. The number of imidazole rings is 1. The molecule has 0 amide bonds. The van der Waals surface area contributed by atoms with Crippen molar-refractivity contribution >= 4 is 49.0 Å². The van der Waals surface area contributed by atoms with E-state index in [0.29, 0.717) is 0 Å². The lowest BCUT2D eigenvalue weighted by Crippen LogP contribution is -1.89. The van der Waals surface area contributed by atoms with Gasteiger partial charge in [-0.2, -0.15) is 0 Å². The van der Waals surface area contributed by atoms with Crippen LogP contribution in [0.2, 0.25) is 0 Å². The molecule has 0 radical (unpaired) electrons. The second-order valence-electron chi connectivity index (χ2n) is 9.51. The molecule has 8 aromatic rings. The summed E-state index contributed by atoms with van der Waals surface area (Å²) in [4.78, 5) is 9.93. The average Bonchev–Trinajstić information content (AvgIpc) is 3.37. The number of aromatic nitrogens is 3. The van der Waals surface area contributed by atoms with E-state index in [2.05, 4.69) is 114 Å². The van der Waals surface area contributed by atoms with Gasteiger partial charge in [0.05, 0.1) is 16.7 Å². The van der Waals surface area contributed by atoms with Gasteiger partial charge in [-0.3, -0.25) is 9.38 Å². The molecule has 3 aromatic heterocycles. The molecule has 8 rings (SSSR count). The van der Waals surface area contributed by atoms with Crippen molar-refractivity contribution in [3.05, 3.63) is 128 Å². The minimum absolute atomic E-state index is 0.960. The van der Waals surface area contributed by atoms with Crippen molar-refractivity contribution in [1.29, 1.82) is 0 Å². The Hall–Kier alpha value is -5.02. The fraction of sp³-hybridized carbons (Fsp3) is 0. The first-order valence-electron chi connectivity index (χ1n) is 12.5. The number of pyridine rings is 2. The topological polar surface area (TPSA) is 30.2 Å². The lowest BCUT2D eigenvalue weighted by Gasteiger charge is -2.12. The van der Waals surface area contributed by atoms with Crippen LogP contribution in [0, 0.1) is 0 Å². The van der Waals surface area contributed by atoms with Gasteiger partial charge in [0, 0.05) is 34.3 Å². The number of rotatable bonds is 2. The number of hydrogen-bond donors (Lipinski definition) is 0. The van der Waals surface area contributed by atoms with Crippen LogP contribution in [-0.4, -0.2) is 14.4 Å². The Morgan fingerprint density at radius 3 is 2.24 bits per heavy atom. The molecule has 3 heteroatoms. The van der Waals surface area contributed by atoms with Crippen molar-refractivity contribution in [3.8, 4) is 22.4 Å². The van der Waals surface area contributed by atoms with Crippen molar-refractivity contribution in [2.75, 3.05) is 0 Å². The van der Waals surface area contributed by atoms with E-state index >= 15 is 0 Å². The van der Waals surface area contributed by atoms with Crippen LogP contribution < -0.4 is 0 Å². The minimum atomic E-state index is 0.960. The second-order valence-corrected chi connectivity index (χ2v) is 9.51. The van der Waals surface area contributed by atoms with Crippen LogP contribution >= 0.6 is 0 Å². The molecule has 3 nitrogen and oxygen atoms in total. The molecule has 5 aromatic carbocycles. The molecular weight excluding hydrogens is 450 g/mol. The molecule has 3 heterocycles. The van der Waals surface area contributed by atoms with Gasteiger partial charge in [0.1, 0.15) is 5.65 Å². The van der Waals surface area contributed by atoms with Gasteiger partial charge in [-0.05, 0) is 51.4 Å². The van der Waals surface area contributed by atoms with E-state index < -0.39 is 0 Å². The average molecular weight is 472 g/mol. The van der Waals surface area contributed by atoms with Gasteiger partial charge >= 0.3 is 0 Å². The smallest absolute Gasteiger partial charge is 0.137 e. The Morgan fingerprint density at radius 1 is 0.541 bits per heavy atom. The predicted octanol–water partition coefficient (Wildman–Crippen LogP) is 8.68. The quantitative estimate of drug-likeness (QED) is 0.236. The third-order valence-electron chi connectivity index (χ3n) is 7.42. The van der Waals surface area contributed by atoms with E-state index in [1.807, 2.05) is 18.3 Å². The van der Waals surface area contributed by atoms with Gasteiger partial charge in [0.15, 0.2) is 0 Å². The van der Waals surface area contributed by atoms with E-state index in [9.17, 15) is 0 Å². The molecule has 0 aliphatic heterocycles. The first-order chi connectivity index (χ1) is 18.3. The van der Waals surface area contributed by atoms with Gasteiger partial charge < -0.3 is 0 Å². The van der Waals surface area contributed by atoms with Crippen molar-refractivity contribution in [2.24, 2.45) is 0 Å². The summed E-state index contributed by atoms with van der Waals surface area (Å²) in [5.41, 5.74) is 7.51. The molecule has 0 aliphatic rings. The summed E-state index contributed by atoms with van der Waals surface area (Å²) in [6.45, 7) is 0. The molecule has 0 bridgehead atoms. The highest BCUT2D eigenvalue weighted by Crippen LogP contribution is 2.40. The van der Waals surface area contributed by atoms with Gasteiger partial charge in [0.2, 0.25) is 0 Å². The number of hydrogen-bond acceptors (Lipinski definition) is 2. The lowest BCUT2D eigenvalue weighted by molar-refractivity contribution is 1.23. The van der Waals surface area contributed by atoms with Crippen molar-refractivity contribution in [2.45, 2.75) is 0 Å². The van der Waals surface area contributed by atoms with E-state index in [4.69, 9.17) is 9.97 Å². The summed E-state index contributed by atoms with van der Waals surface area (Å²) in [5.74, 6) is 0. The molecule has 0 unspecified atom stereocenters. The Labute approximate surface area is 213 Å². The van der Waals surface area contributed by atoms with Crippen molar-refractivity contribution in [3.63, 3.8) is 0 Å². The maximum Gasteiger partial charge on any atom is 0.137 e.